The summed E-state index contributed by atoms with van der Waals surface area (Å²) in [5.74, 6) is 0. The van der Waals surface area contributed by atoms with Crippen LogP contribution >= 0.6 is 15.9 Å². The summed E-state index contributed by atoms with van der Waals surface area (Å²) in [4.78, 5) is 11.7. The molecule has 1 aromatic heterocycles. The van der Waals surface area contributed by atoms with Gasteiger partial charge in [0.25, 0.3) is 0 Å². The van der Waals surface area contributed by atoms with E-state index < -0.39 is 0 Å². The molecule has 0 atom stereocenters. The second-order valence-corrected chi connectivity index (χ2v) is 6.32. The molecule has 0 unspecified atom stereocenters. The van der Waals surface area contributed by atoms with Crippen molar-refractivity contribution in [2.24, 2.45) is 0 Å². The Morgan fingerprint density at radius 2 is 1.91 bits per heavy atom. The first-order valence-electron chi connectivity index (χ1n) is 7.06. The Balaban J connectivity index is 1.95. The fourth-order valence-electron chi connectivity index (χ4n) is 2.55. The third-order valence-electron chi connectivity index (χ3n) is 3.64. The zero-order chi connectivity index (χ0) is 15.7. The molecule has 0 bridgehead atoms. The van der Waals surface area contributed by atoms with E-state index in [-0.39, 0.29) is 5.63 Å². The van der Waals surface area contributed by atoms with Crippen molar-refractivity contribution in [3.63, 3.8) is 0 Å². The smallest absolute Gasteiger partial charge is 0.336 e. The van der Waals surface area contributed by atoms with E-state index in [2.05, 4.69) is 53.3 Å². The van der Waals surface area contributed by atoms with Gasteiger partial charge in [0.1, 0.15) is 5.58 Å². The molecule has 3 rings (SSSR count). The van der Waals surface area contributed by atoms with Gasteiger partial charge in [0.15, 0.2) is 0 Å². The van der Waals surface area contributed by atoms with Crippen LogP contribution < -0.4 is 10.9 Å². The molecule has 0 saturated carbocycles. The van der Waals surface area contributed by atoms with E-state index >= 15 is 0 Å². The summed E-state index contributed by atoms with van der Waals surface area (Å²) in [5.41, 5.74) is 4.69. The fraction of sp³-hybridized carbons (Fsp3) is 0.167. The summed E-state index contributed by atoms with van der Waals surface area (Å²) in [6.07, 6.45) is 0. The topological polar surface area (TPSA) is 42.2 Å². The van der Waals surface area contributed by atoms with Crippen molar-refractivity contribution < 1.29 is 4.42 Å². The van der Waals surface area contributed by atoms with Crippen molar-refractivity contribution in [2.75, 3.05) is 5.32 Å². The van der Waals surface area contributed by atoms with Crippen molar-refractivity contribution in [3.8, 4) is 0 Å². The molecule has 0 fully saturated rings. The van der Waals surface area contributed by atoms with Crippen LogP contribution in [0.25, 0.3) is 11.0 Å². The highest BCUT2D eigenvalue weighted by Crippen LogP contribution is 2.23. The van der Waals surface area contributed by atoms with Crippen molar-refractivity contribution in [3.05, 3.63) is 74.0 Å². The lowest BCUT2D eigenvalue weighted by atomic mass is 10.1. The minimum absolute atomic E-state index is 0.331. The number of nitrogens with one attached hydrogen (secondary N) is 1. The Morgan fingerprint density at radius 1 is 1.09 bits per heavy atom. The number of rotatable bonds is 3. The largest absolute Gasteiger partial charge is 0.423 e. The Morgan fingerprint density at radius 3 is 2.68 bits per heavy atom. The van der Waals surface area contributed by atoms with Crippen molar-refractivity contribution >= 4 is 32.6 Å². The van der Waals surface area contributed by atoms with Gasteiger partial charge in [-0.25, -0.2) is 4.79 Å². The average Bonchev–Trinajstić information content (AvgIpc) is 2.45. The summed E-state index contributed by atoms with van der Waals surface area (Å²) < 4.78 is 6.15. The van der Waals surface area contributed by atoms with Crippen molar-refractivity contribution in [2.45, 2.75) is 20.4 Å². The average molecular weight is 358 g/mol. The Hall–Kier alpha value is -2.07. The minimum Gasteiger partial charge on any atom is -0.423 e. The molecular formula is C18H16BrNO2. The molecule has 3 nitrogen and oxygen atoms in total. The third-order valence-corrected chi connectivity index (χ3v) is 4.14. The maximum absolute atomic E-state index is 11.7. The lowest BCUT2D eigenvalue weighted by Crippen LogP contribution is -2.06. The highest BCUT2D eigenvalue weighted by atomic mass is 79.9. The van der Waals surface area contributed by atoms with E-state index in [1.54, 1.807) is 6.07 Å². The predicted octanol–water partition coefficient (Wildman–Crippen LogP) is 4.78. The van der Waals surface area contributed by atoms with Crippen molar-refractivity contribution in [1.82, 2.24) is 0 Å². The molecule has 0 saturated heterocycles. The van der Waals surface area contributed by atoms with E-state index in [1.165, 1.54) is 11.1 Å². The molecule has 4 heteroatoms. The van der Waals surface area contributed by atoms with Crippen LogP contribution in [0.15, 0.2) is 56.1 Å². The number of aryl methyl sites for hydroxylation is 2. The van der Waals surface area contributed by atoms with Crippen molar-refractivity contribution in [1.29, 1.82) is 0 Å². The molecule has 0 aliphatic rings. The van der Waals surface area contributed by atoms with Gasteiger partial charge in [-0.2, -0.15) is 0 Å². The van der Waals surface area contributed by atoms with Gasteiger partial charge < -0.3 is 9.73 Å². The van der Waals surface area contributed by atoms with Crippen LogP contribution in [0.5, 0.6) is 0 Å². The minimum atomic E-state index is -0.331. The van der Waals surface area contributed by atoms with Gasteiger partial charge in [-0.15, -0.1) is 0 Å². The van der Waals surface area contributed by atoms with Gasteiger partial charge in [0.2, 0.25) is 0 Å². The standard InChI is InChI=1S/C18H16BrNO2/c1-11-3-6-16(12(2)7-11)20-10-13-8-18(21)22-17-9-14(19)4-5-15(13)17/h3-9,20H,10H2,1-2H3. The number of halogens is 1. The zero-order valence-corrected chi connectivity index (χ0v) is 14.0. The van der Waals surface area contributed by atoms with E-state index in [1.807, 2.05) is 18.2 Å². The third kappa shape index (κ3) is 3.07. The molecule has 3 aromatic rings. The Labute approximate surface area is 137 Å². The summed E-state index contributed by atoms with van der Waals surface area (Å²) in [7, 11) is 0. The number of fused-ring (bicyclic) bond motifs is 1. The Bertz CT molecular complexity index is 899. The normalized spacial score (nSPS) is 10.9. The lowest BCUT2D eigenvalue weighted by molar-refractivity contribution is 0.559. The van der Waals surface area contributed by atoms with Gasteiger partial charge in [-0.05, 0) is 49.2 Å². The maximum Gasteiger partial charge on any atom is 0.336 e. The predicted molar refractivity (Wildman–Crippen MR) is 93.4 cm³/mol. The molecule has 22 heavy (non-hydrogen) atoms. The fourth-order valence-corrected chi connectivity index (χ4v) is 2.89. The van der Waals surface area contributed by atoms with Crippen LogP contribution in [0.2, 0.25) is 0 Å². The summed E-state index contributed by atoms with van der Waals surface area (Å²) >= 11 is 3.40. The first-order chi connectivity index (χ1) is 10.5. The van der Waals surface area contributed by atoms with Gasteiger partial charge in [-0.1, -0.05) is 33.6 Å². The molecule has 0 radical (unpaired) electrons. The highest BCUT2D eigenvalue weighted by Gasteiger charge is 2.07. The van der Waals surface area contributed by atoms with Crippen LogP contribution in [-0.2, 0) is 6.54 Å². The molecule has 1 heterocycles. The monoisotopic (exact) mass is 357 g/mol. The van der Waals surface area contributed by atoms with Gasteiger partial charge in [0.05, 0.1) is 0 Å². The molecule has 0 aliphatic heterocycles. The molecule has 0 aliphatic carbocycles. The van der Waals surface area contributed by atoms with Crippen LogP contribution in [0.3, 0.4) is 0 Å². The molecule has 0 amide bonds. The second kappa shape index (κ2) is 5.97. The van der Waals surface area contributed by atoms with E-state index in [0.29, 0.717) is 12.1 Å². The van der Waals surface area contributed by atoms with Crippen LogP contribution in [-0.4, -0.2) is 0 Å². The van der Waals surface area contributed by atoms with Gasteiger partial charge in [0, 0.05) is 28.2 Å². The van der Waals surface area contributed by atoms with Crippen LogP contribution in [0.4, 0.5) is 5.69 Å². The maximum atomic E-state index is 11.7. The molecule has 112 valence electrons. The van der Waals surface area contributed by atoms with Gasteiger partial charge in [-0.3, -0.25) is 0 Å². The first-order valence-corrected chi connectivity index (χ1v) is 7.85. The molecule has 0 spiro atoms. The van der Waals surface area contributed by atoms with Gasteiger partial charge >= 0.3 is 5.63 Å². The molecule has 2 aromatic carbocycles. The number of hydrogen-bond acceptors (Lipinski definition) is 3. The Kier molecular flexibility index (Phi) is 4.03. The number of benzene rings is 2. The number of anilines is 1. The quantitative estimate of drug-likeness (QED) is 0.685. The SMILES string of the molecule is Cc1ccc(NCc2cc(=O)oc3cc(Br)ccc23)c(C)c1. The summed E-state index contributed by atoms with van der Waals surface area (Å²) in [6, 6.07) is 13.5. The lowest BCUT2D eigenvalue weighted by Gasteiger charge is -2.11. The first kappa shape index (κ1) is 14.9. The highest BCUT2D eigenvalue weighted by molar-refractivity contribution is 9.10. The van der Waals surface area contributed by atoms with Crippen LogP contribution in [0, 0.1) is 13.8 Å². The molecular weight excluding hydrogens is 342 g/mol. The second-order valence-electron chi connectivity index (χ2n) is 5.40. The summed E-state index contributed by atoms with van der Waals surface area (Å²) in [6.45, 7) is 4.72. The van der Waals surface area contributed by atoms with Crippen LogP contribution in [0.1, 0.15) is 16.7 Å². The zero-order valence-electron chi connectivity index (χ0n) is 12.4. The van der Waals surface area contributed by atoms with E-state index in [9.17, 15) is 4.79 Å². The summed E-state index contributed by atoms with van der Waals surface area (Å²) in [5, 5.41) is 4.34. The molecule has 1 N–H and O–H groups in total. The number of hydrogen-bond donors (Lipinski definition) is 1. The van der Waals surface area contributed by atoms with E-state index in [4.69, 9.17) is 4.42 Å². The van der Waals surface area contributed by atoms with E-state index in [0.717, 1.165) is 21.1 Å².